The number of carbonyl (C=O) groups is 4. The molecule has 3 N–H and O–H groups in total. The fraction of sp³-hybridized carbons (Fsp3) is 0.344. The molecule has 5 rings (SSSR count). The number of ether oxygens (including phenoxy) is 1. The van der Waals surface area contributed by atoms with Gasteiger partial charge in [0.25, 0.3) is 0 Å². The number of nitrogens with one attached hydrogen (secondary N) is 3. The van der Waals surface area contributed by atoms with Gasteiger partial charge in [0.05, 0.1) is 17.1 Å². The zero-order valence-electron chi connectivity index (χ0n) is 26.0. The first-order valence-electron chi connectivity index (χ1n) is 15.0. The van der Waals surface area contributed by atoms with E-state index in [4.69, 9.17) is 16.3 Å². The third kappa shape index (κ3) is 8.38. The topological polar surface area (TPSA) is 164 Å². The van der Waals surface area contributed by atoms with Gasteiger partial charge in [-0.05, 0) is 92.9 Å². The minimum absolute atomic E-state index is 0.0594. The summed E-state index contributed by atoms with van der Waals surface area (Å²) in [5.74, 6) is -2.98. The summed E-state index contributed by atoms with van der Waals surface area (Å²) in [4.78, 5) is 57.1. The molecule has 246 valence electrons. The number of benzene rings is 2. The Labute approximate surface area is 274 Å². The average molecular weight is 665 g/mol. The van der Waals surface area contributed by atoms with Crippen LogP contribution in [0, 0.1) is 5.82 Å². The van der Waals surface area contributed by atoms with Crippen LogP contribution in [0.2, 0.25) is 5.02 Å². The number of aromatic nitrogens is 5. The van der Waals surface area contributed by atoms with Crippen molar-refractivity contribution in [3.8, 4) is 5.69 Å². The van der Waals surface area contributed by atoms with E-state index in [-0.39, 0.29) is 34.3 Å². The third-order valence-corrected chi connectivity index (χ3v) is 7.63. The zero-order chi connectivity index (χ0) is 33.7. The predicted molar refractivity (Wildman–Crippen MR) is 172 cm³/mol. The van der Waals surface area contributed by atoms with Gasteiger partial charge in [-0.3, -0.25) is 14.4 Å². The number of piperidine rings is 1. The van der Waals surface area contributed by atoms with Gasteiger partial charge in [-0.15, -0.1) is 5.10 Å². The summed E-state index contributed by atoms with van der Waals surface area (Å²) in [6.45, 7) is 6.45. The summed E-state index contributed by atoms with van der Waals surface area (Å²) in [5, 5.41) is 16.7. The molecule has 2 aromatic heterocycles. The molecule has 0 saturated carbocycles. The molecule has 0 bridgehead atoms. The minimum atomic E-state index is -1.26. The van der Waals surface area contributed by atoms with E-state index < -0.39 is 35.2 Å². The fourth-order valence-electron chi connectivity index (χ4n) is 5.10. The number of rotatable bonds is 9. The van der Waals surface area contributed by atoms with Crippen LogP contribution in [0.3, 0.4) is 0 Å². The molecule has 0 unspecified atom stereocenters. The van der Waals surface area contributed by atoms with Crippen LogP contribution < -0.4 is 10.6 Å². The van der Waals surface area contributed by atoms with E-state index in [1.807, 2.05) is 0 Å². The SMILES string of the molecule is CC(C)(C)OC(=O)c1cc2cc(NC(=O)[C@H](CC(=O)N3CCCCC3)NC(=O)/C=C/c3c(-n4cnnn4)ccc(Cl)c3F)ccc2[nH]1. The molecule has 1 saturated heterocycles. The number of nitrogens with zero attached hydrogens (tertiary/aromatic N) is 5. The predicted octanol–water partition coefficient (Wildman–Crippen LogP) is 4.43. The lowest BCUT2D eigenvalue weighted by molar-refractivity contribution is -0.135. The number of carbonyl (C=O) groups excluding carboxylic acids is 4. The molecule has 2 aromatic carbocycles. The standard InChI is InChI=1S/C32H34ClFN8O5/c1-32(2,3)47-31(46)25-16-19-15-20(7-10-23(19)37-25)36-30(45)24(17-28(44)41-13-5-4-6-14-41)38-27(43)12-8-21-26(42-18-35-39-40-42)11-9-22(33)29(21)34/h7-12,15-16,18,24,37H,4-6,13-14,17H2,1-3H3,(H,36,45)(H,38,43)/b12-8+/t24-/m0/s1. The van der Waals surface area contributed by atoms with E-state index in [0.29, 0.717) is 29.7 Å². The smallest absolute Gasteiger partial charge is 0.355 e. The lowest BCUT2D eigenvalue weighted by Crippen LogP contribution is -2.47. The molecule has 1 aliphatic heterocycles. The summed E-state index contributed by atoms with van der Waals surface area (Å²) < 4.78 is 21.6. The van der Waals surface area contributed by atoms with E-state index in [2.05, 4.69) is 31.1 Å². The molecule has 47 heavy (non-hydrogen) atoms. The number of aromatic amines is 1. The molecular formula is C32H34ClFN8O5. The Morgan fingerprint density at radius 3 is 2.57 bits per heavy atom. The second-order valence-corrected chi connectivity index (χ2v) is 12.5. The highest BCUT2D eigenvalue weighted by Gasteiger charge is 2.27. The van der Waals surface area contributed by atoms with Gasteiger partial charge in [0.2, 0.25) is 17.7 Å². The normalized spacial score (nSPS) is 14.3. The Morgan fingerprint density at radius 2 is 1.87 bits per heavy atom. The average Bonchev–Trinajstić information content (AvgIpc) is 3.71. The molecule has 3 heterocycles. The van der Waals surface area contributed by atoms with E-state index >= 15 is 4.39 Å². The first-order chi connectivity index (χ1) is 22.4. The van der Waals surface area contributed by atoms with E-state index in [1.165, 1.54) is 29.2 Å². The van der Waals surface area contributed by atoms with Crippen LogP contribution in [0.5, 0.6) is 0 Å². The zero-order valence-corrected chi connectivity index (χ0v) is 26.8. The minimum Gasteiger partial charge on any atom is -0.455 e. The highest BCUT2D eigenvalue weighted by atomic mass is 35.5. The molecule has 0 radical (unpaired) electrons. The number of amides is 3. The van der Waals surface area contributed by atoms with E-state index in [1.54, 1.807) is 49.9 Å². The van der Waals surface area contributed by atoms with Crippen molar-refractivity contribution in [3.63, 3.8) is 0 Å². The Morgan fingerprint density at radius 1 is 1.11 bits per heavy atom. The van der Waals surface area contributed by atoms with E-state index in [9.17, 15) is 19.2 Å². The second-order valence-electron chi connectivity index (χ2n) is 12.1. The van der Waals surface area contributed by atoms with Crippen LogP contribution >= 0.6 is 11.6 Å². The van der Waals surface area contributed by atoms with Crippen molar-refractivity contribution in [1.29, 1.82) is 0 Å². The van der Waals surface area contributed by atoms with Crippen LogP contribution in [0.1, 0.15) is 62.5 Å². The molecule has 4 aromatic rings. The summed E-state index contributed by atoms with van der Waals surface area (Å²) in [6.07, 6.45) is 5.93. The third-order valence-electron chi connectivity index (χ3n) is 7.33. The fourth-order valence-corrected chi connectivity index (χ4v) is 5.27. The van der Waals surface area contributed by atoms with Gasteiger partial charge in [0, 0.05) is 41.3 Å². The first-order valence-corrected chi connectivity index (χ1v) is 15.4. The Hall–Kier alpha value is -5.11. The van der Waals surface area contributed by atoms with Crippen LogP contribution in [-0.4, -0.2) is 78.5 Å². The summed E-state index contributed by atoms with van der Waals surface area (Å²) >= 11 is 5.98. The molecule has 0 aliphatic carbocycles. The molecule has 15 heteroatoms. The second kappa shape index (κ2) is 14.1. The molecule has 13 nitrogen and oxygen atoms in total. The number of likely N-dealkylation sites (tertiary alicyclic amines) is 1. The van der Waals surface area contributed by atoms with Gasteiger partial charge in [-0.25, -0.2) is 9.18 Å². The van der Waals surface area contributed by atoms with Crippen molar-refractivity contribution in [2.75, 3.05) is 18.4 Å². The van der Waals surface area contributed by atoms with E-state index in [0.717, 1.165) is 25.3 Å². The molecular weight excluding hydrogens is 631 g/mol. The lowest BCUT2D eigenvalue weighted by atomic mass is 10.1. The maximum atomic E-state index is 15.0. The summed E-state index contributed by atoms with van der Waals surface area (Å²) in [5.41, 5.74) is 0.772. The number of fused-ring (bicyclic) bond motifs is 1. The Bertz CT molecular complexity index is 1830. The number of anilines is 1. The van der Waals surface area contributed by atoms with Crippen molar-refractivity contribution in [2.24, 2.45) is 0 Å². The number of halogens is 2. The van der Waals surface area contributed by atoms with Gasteiger partial charge < -0.3 is 25.3 Å². The van der Waals surface area contributed by atoms with Gasteiger partial charge in [0.15, 0.2) is 5.82 Å². The number of hydrogen-bond donors (Lipinski definition) is 3. The maximum Gasteiger partial charge on any atom is 0.355 e. The van der Waals surface area contributed by atoms with Crippen LogP contribution in [0.25, 0.3) is 22.7 Å². The van der Waals surface area contributed by atoms with Gasteiger partial charge >= 0.3 is 5.97 Å². The van der Waals surface area contributed by atoms with Crippen molar-refractivity contribution in [1.82, 2.24) is 35.4 Å². The maximum absolute atomic E-state index is 15.0. The monoisotopic (exact) mass is 664 g/mol. The summed E-state index contributed by atoms with van der Waals surface area (Å²) in [6, 6.07) is 8.15. The van der Waals surface area contributed by atoms with Crippen molar-refractivity contribution in [2.45, 2.75) is 58.1 Å². The van der Waals surface area contributed by atoms with Crippen molar-refractivity contribution < 1.29 is 28.3 Å². The molecule has 1 atom stereocenters. The summed E-state index contributed by atoms with van der Waals surface area (Å²) in [7, 11) is 0. The Kier molecular flexibility index (Phi) is 9.99. The highest BCUT2D eigenvalue weighted by Crippen LogP contribution is 2.26. The van der Waals surface area contributed by atoms with Gasteiger partial charge in [-0.1, -0.05) is 11.6 Å². The number of H-pyrrole nitrogens is 1. The molecule has 3 amide bonds. The van der Waals surface area contributed by atoms with Gasteiger partial charge in [-0.2, -0.15) is 4.68 Å². The lowest BCUT2D eigenvalue weighted by Gasteiger charge is -2.28. The van der Waals surface area contributed by atoms with Crippen LogP contribution in [0.4, 0.5) is 10.1 Å². The highest BCUT2D eigenvalue weighted by molar-refractivity contribution is 6.31. The van der Waals surface area contributed by atoms with Crippen LogP contribution in [-0.2, 0) is 19.1 Å². The molecule has 1 fully saturated rings. The van der Waals surface area contributed by atoms with Crippen molar-refractivity contribution in [3.05, 3.63) is 70.9 Å². The van der Waals surface area contributed by atoms with Crippen LogP contribution in [0.15, 0.2) is 48.8 Å². The van der Waals surface area contributed by atoms with Gasteiger partial charge in [0.1, 0.15) is 23.7 Å². The number of esters is 1. The molecule has 0 spiro atoms. The molecule has 1 aliphatic rings. The van der Waals surface area contributed by atoms with Crippen molar-refractivity contribution >= 4 is 58.0 Å². The first kappa shape index (κ1) is 33.3. The quantitative estimate of drug-likeness (QED) is 0.175. The number of tetrazole rings is 1. The largest absolute Gasteiger partial charge is 0.455 e. The Balaban J connectivity index is 1.35. The number of hydrogen-bond acceptors (Lipinski definition) is 8.